The van der Waals surface area contributed by atoms with E-state index in [9.17, 15) is 9.18 Å². The SMILES string of the molecule is Cc1ccc(Cc2ccc([C@@H]3CCCN3C(=O)COc3ccc(F)cc3)nc2)cc1. The van der Waals surface area contributed by atoms with Crippen LogP contribution in [0, 0.1) is 12.7 Å². The van der Waals surface area contributed by atoms with Gasteiger partial charge in [-0.25, -0.2) is 4.39 Å². The van der Waals surface area contributed by atoms with Crippen molar-refractivity contribution in [3.63, 3.8) is 0 Å². The Bertz CT molecular complexity index is 985. The fraction of sp³-hybridized carbons (Fsp3) is 0.280. The molecule has 2 aromatic carbocycles. The molecule has 154 valence electrons. The lowest BCUT2D eigenvalue weighted by molar-refractivity contribution is -0.134. The van der Waals surface area contributed by atoms with Crippen molar-refractivity contribution in [2.24, 2.45) is 0 Å². The lowest BCUT2D eigenvalue weighted by Crippen LogP contribution is -2.34. The third-order valence-electron chi connectivity index (χ3n) is 5.47. The van der Waals surface area contributed by atoms with Gasteiger partial charge in [0, 0.05) is 12.7 Å². The van der Waals surface area contributed by atoms with Crippen LogP contribution in [-0.2, 0) is 11.2 Å². The average Bonchev–Trinajstić information content (AvgIpc) is 3.25. The highest BCUT2D eigenvalue weighted by Crippen LogP contribution is 2.31. The molecule has 1 saturated heterocycles. The maximum absolute atomic E-state index is 13.0. The first-order chi connectivity index (χ1) is 14.6. The van der Waals surface area contributed by atoms with Crippen LogP contribution in [0.5, 0.6) is 5.75 Å². The molecule has 1 aliphatic rings. The van der Waals surface area contributed by atoms with Gasteiger partial charge in [0.2, 0.25) is 0 Å². The van der Waals surface area contributed by atoms with Gasteiger partial charge in [-0.1, -0.05) is 35.9 Å². The standard InChI is InChI=1S/C25H25FN2O2/c1-18-4-6-19(7-5-18)15-20-8-13-23(27-16-20)24-3-2-14-28(24)25(29)17-30-22-11-9-21(26)10-12-22/h4-13,16,24H,2-3,14-15,17H2,1H3/t24-/m0/s1. The fourth-order valence-corrected chi connectivity index (χ4v) is 3.81. The number of nitrogens with zero attached hydrogens (tertiary/aromatic N) is 2. The highest BCUT2D eigenvalue weighted by Gasteiger charge is 2.31. The number of ether oxygens (including phenoxy) is 1. The third-order valence-corrected chi connectivity index (χ3v) is 5.47. The number of amides is 1. The summed E-state index contributed by atoms with van der Waals surface area (Å²) in [5.74, 6) is 0.0802. The van der Waals surface area contributed by atoms with E-state index in [1.807, 2.05) is 17.2 Å². The van der Waals surface area contributed by atoms with Crippen LogP contribution in [0.2, 0.25) is 0 Å². The molecule has 1 atom stereocenters. The van der Waals surface area contributed by atoms with E-state index in [-0.39, 0.29) is 24.4 Å². The lowest BCUT2D eigenvalue weighted by atomic mass is 10.0. The average molecular weight is 404 g/mol. The van der Waals surface area contributed by atoms with Crippen LogP contribution in [-0.4, -0.2) is 28.9 Å². The van der Waals surface area contributed by atoms with Crippen LogP contribution in [0.4, 0.5) is 4.39 Å². The van der Waals surface area contributed by atoms with Crippen molar-refractivity contribution in [1.29, 1.82) is 0 Å². The molecule has 0 N–H and O–H groups in total. The second-order valence-corrected chi connectivity index (χ2v) is 7.74. The molecule has 1 aliphatic heterocycles. The molecule has 2 heterocycles. The normalized spacial score (nSPS) is 15.9. The predicted molar refractivity (Wildman–Crippen MR) is 114 cm³/mol. The zero-order valence-electron chi connectivity index (χ0n) is 17.1. The summed E-state index contributed by atoms with van der Waals surface area (Å²) in [6, 6.07) is 18.3. The number of hydrogen-bond acceptors (Lipinski definition) is 3. The van der Waals surface area contributed by atoms with Crippen LogP contribution >= 0.6 is 0 Å². The summed E-state index contributed by atoms with van der Waals surface area (Å²) in [5, 5.41) is 0. The number of carbonyl (C=O) groups is 1. The van der Waals surface area contributed by atoms with Gasteiger partial charge in [-0.05, 0) is 67.6 Å². The minimum absolute atomic E-state index is 0.0252. The van der Waals surface area contributed by atoms with E-state index in [1.165, 1.54) is 35.4 Å². The molecule has 1 aromatic heterocycles. The summed E-state index contributed by atoms with van der Waals surface area (Å²) in [6.07, 6.45) is 4.59. The van der Waals surface area contributed by atoms with Gasteiger partial charge in [0.25, 0.3) is 5.91 Å². The topological polar surface area (TPSA) is 42.4 Å². The van der Waals surface area contributed by atoms with Gasteiger partial charge in [0.15, 0.2) is 6.61 Å². The number of halogens is 1. The van der Waals surface area contributed by atoms with Crippen molar-refractivity contribution in [3.05, 3.63) is 95.1 Å². The van der Waals surface area contributed by atoms with Crippen LogP contribution < -0.4 is 4.74 Å². The van der Waals surface area contributed by atoms with E-state index in [1.54, 1.807) is 0 Å². The van der Waals surface area contributed by atoms with E-state index in [0.717, 1.165) is 30.5 Å². The molecule has 3 aromatic rings. The number of aryl methyl sites for hydroxylation is 1. The second kappa shape index (κ2) is 9.08. The summed E-state index contributed by atoms with van der Waals surface area (Å²) >= 11 is 0. The zero-order valence-corrected chi connectivity index (χ0v) is 17.1. The largest absolute Gasteiger partial charge is 0.484 e. The van der Waals surface area contributed by atoms with Crippen molar-refractivity contribution in [3.8, 4) is 5.75 Å². The summed E-state index contributed by atoms with van der Waals surface area (Å²) in [7, 11) is 0. The number of carbonyl (C=O) groups excluding carboxylic acids is 1. The van der Waals surface area contributed by atoms with Crippen LogP contribution in [0.3, 0.4) is 0 Å². The predicted octanol–water partition coefficient (Wildman–Crippen LogP) is 4.86. The van der Waals surface area contributed by atoms with Crippen molar-refractivity contribution in [1.82, 2.24) is 9.88 Å². The minimum atomic E-state index is -0.329. The van der Waals surface area contributed by atoms with Gasteiger partial charge in [-0.2, -0.15) is 0 Å². The van der Waals surface area contributed by atoms with E-state index >= 15 is 0 Å². The Labute approximate surface area is 176 Å². The first kappa shape index (κ1) is 20.1. The molecule has 4 nitrogen and oxygen atoms in total. The molecule has 5 heteroatoms. The zero-order chi connectivity index (χ0) is 20.9. The molecule has 1 fully saturated rings. The smallest absolute Gasteiger partial charge is 0.261 e. The van der Waals surface area contributed by atoms with Crippen LogP contribution in [0.15, 0.2) is 66.9 Å². The Morgan fingerprint density at radius 1 is 1.07 bits per heavy atom. The number of pyridine rings is 1. The number of likely N-dealkylation sites (tertiary alicyclic amines) is 1. The first-order valence-corrected chi connectivity index (χ1v) is 10.3. The number of hydrogen-bond donors (Lipinski definition) is 0. The number of aromatic nitrogens is 1. The van der Waals surface area contributed by atoms with Gasteiger partial charge in [0.05, 0.1) is 11.7 Å². The van der Waals surface area contributed by atoms with Gasteiger partial charge >= 0.3 is 0 Å². The van der Waals surface area contributed by atoms with Crippen molar-refractivity contribution >= 4 is 5.91 Å². The Morgan fingerprint density at radius 2 is 1.80 bits per heavy atom. The highest BCUT2D eigenvalue weighted by molar-refractivity contribution is 5.78. The van der Waals surface area contributed by atoms with E-state index < -0.39 is 0 Å². The van der Waals surface area contributed by atoms with E-state index in [0.29, 0.717) is 12.3 Å². The molecule has 1 amide bonds. The summed E-state index contributed by atoms with van der Waals surface area (Å²) < 4.78 is 18.5. The Kier molecular flexibility index (Phi) is 6.07. The Balaban J connectivity index is 1.38. The van der Waals surface area contributed by atoms with Gasteiger partial charge in [-0.15, -0.1) is 0 Å². The molecule has 30 heavy (non-hydrogen) atoms. The Morgan fingerprint density at radius 3 is 2.50 bits per heavy atom. The van der Waals surface area contributed by atoms with Crippen molar-refractivity contribution < 1.29 is 13.9 Å². The van der Waals surface area contributed by atoms with Crippen molar-refractivity contribution in [2.45, 2.75) is 32.2 Å². The van der Waals surface area contributed by atoms with E-state index in [2.05, 4.69) is 42.2 Å². The maximum atomic E-state index is 13.0. The van der Waals surface area contributed by atoms with Crippen molar-refractivity contribution in [2.75, 3.05) is 13.2 Å². The molecular weight excluding hydrogens is 379 g/mol. The molecular formula is C25H25FN2O2. The minimum Gasteiger partial charge on any atom is -0.484 e. The molecule has 0 spiro atoms. The lowest BCUT2D eigenvalue weighted by Gasteiger charge is -2.24. The van der Waals surface area contributed by atoms with E-state index in [4.69, 9.17) is 4.74 Å². The highest BCUT2D eigenvalue weighted by atomic mass is 19.1. The molecule has 0 unspecified atom stereocenters. The first-order valence-electron chi connectivity index (χ1n) is 10.3. The Hall–Kier alpha value is -3.21. The fourth-order valence-electron chi connectivity index (χ4n) is 3.81. The summed E-state index contributed by atoms with van der Waals surface area (Å²) in [6.45, 7) is 2.72. The van der Waals surface area contributed by atoms with Gasteiger partial charge in [-0.3, -0.25) is 9.78 Å². The summed E-state index contributed by atoms with van der Waals surface area (Å²) in [5.41, 5.74) is 4.57. The molecule has 4 rings (SSSR count). The maximum Gasteiger partial charge on any atom is 0.261 e. The van der Waals surface area contributed by atoms with Gasteiger partial charge < -0.3 is 9.64 Å². The van der Waals surface area contributed by atoms with Crippen LogP contribution in [0.25, 0.3) is 0 Å². The quantitative estimate of drug-likeness (QED) is 0.589. The number of rotatable bonds is 6. The number of benzene rings is 2. The van der Waals surface area contributed by atoms with Crippen LogP contribution in [0.1, 0.15) is 41.3 Å². The molecule has 0 saturated carbocycles. The molecule has 0 aliphatic carbocycles. The van der Waals surface area contributed by atoms with Gasteiger partial charge in [0.1, 0.15) is 11.6 Å². The second-order valence-electron chi connectivity index (χ2n) is 7.74. The summed E-state index contributed by atoms with van der Waals surface area (Å²) in [4.78, 5) is 19.2. The molecule has 0 bridgehead atoms. The third kappa shape index (κ3) is 4.85. The molecule has 0 radical (unpaired) electrons. The monoisotopic (exact) mass is 404 g/mol.